The van der Waals surface area contributed by atoms with Crippen LogP contribution in [0.25, 0.3) is 0 Å². The summed E-state index contributed by atoms with van der Waals surface area (Å²) in [7, 11) is 1.68. The number of aliphatic hydroxyl groups is 1. The van der Waals surface area contributed by atoms with Gasteiger partial charge < -0.3 is 10.4 Å². The molecule has 1 amide bonds. The van der Waals surface area contributed by atoms with E-state index in [1.54, 1.807) is 13.2 Å². The van der Waals surface area contributed by atoms with Gasteiger partial charge in [-0.3, -0.25) is 9.48 Å². The molecule has 0 saturated carbocycles. The van der Waals surface area contributed by atoms with Crippen LogP contribution < -0.4 is 5.32 Å². The van der Waals surface area contributed by atoms with Gasteiger partial charge in [0.15, 0.2) is 10.9 Å². The zero-order chi connectivity index (χ0) is 12.4. The lowest BCUT2D eigenvalue weighted by Crippen LogP contribution is -2.12. The minimum absolute atomic E-state index is 0.220. The van der Waals surface area contributed by atoms with Gasteiger partial charge in [0.05, 0.1) is 11.5 Å². The molecule has 0 fully saturated rings. The molecule has 5 nitrogen and oxygen atoms in total. The van der Waals surface area contributed by atoms with Crippen LogP contribution in [0.1, 0.15) is 15.2 Å². The van der Waals surface area contributed by atoms with Crippen LogP contribution in [0.15, 0.2) is 18.3 Å². The van der Waals surface area contributed by atoms with Crippen LogP contribution in [0.4, 0.5) is 10.2 Å². The summed E-state index contributed by atoms with van der Waals surface area (Å²) in [6, 6.07) is 2.63. The Morgan fingerprint density at radius 1 is 1.65 bits per heavy atom. The van der Waals surface area contributed by atoms with Crippen molar-refractivity contribution in [3.63, 3.8) is 0 Å². The summed E-state index contributed by atoms with van der Waals surface area (Å²) >= 11 is 0.760. The second kappa shape index (κ2) is 4.64. The topological polar surface area (TPSA) is 67.2 Å². The van der Waals surface area contributed by atoms with Gasteiger partial charge in [-0.15, -0.1) is 11.3 Å². The summed E-state index contributed by atoms with van der Waals surface area (Å²) in [5.41, 5.74) is 0.512. The molecule has 2 N–H and O–H groups in total. The number of nitrogens with one attached hydrogen (secondary N) is 1. The normalized spacial score (nSPS) is 10.5. The van der Waals surface area contributed by atoms with Gasteiger partial charge >= 0.3 is 0 Å². The van der Waals surface area contributed by atoms with Crippen molar-refractivity contribution in [1.82, 2.24) is 9.78 Å². The van der Waals surface area contributed by atoms with Crippen LogP contribution in [0.2, 0.25) is 0 Å². The first kappa shape index (κ1) is 11.7. The predicted octanol–water partition coefficient (Wildman–Crippen LogP) is 1.37. The molecule has 0 radical (unpaired) electrons. The van der Waals surface area contributed by atoms with Crippen molar-refractivity contribution in [2.75, 3.05) is 5.32 Å². The molecule has 2 aromatic heterocycles. The van der Waals surface area contributed by atoms with Crippen LogP contribution >= 0.6 is 11.3 Å². The first-order valence-electron chi connectivity index (χ1n) is 4.80. The number of hydrogen-bond donors (Lipinski definition) is 2. The number of halogens is 1. The van der Waals surface area contributed by atoms with Crippen molar-refractivity contribution in [3.05, 3.63) is 33.9 Å². The van der Waals surface area contributed by atoms with Crippen molar-refractivity contribution < 1.29 is 14.3 Å². The summed E-state index contributed by atoms with van der Waals surface area (Å²) in [5.74, 6) is -0.152. The Morgan fingerprint density at radius 3 is 3.00 bits per heavy atom. The van der Waals surface area contributed by atoms with Gasteiger partial charge in [-0.1, -0.05) is 0 Å². The molecule has 0 aromatic carbocycles. The highest BCUT2D eigenvalue weighted by Gasteiger charge is 2.13. The molecular formula is C10H10FN3O2S. The zero-order valence-electron chi connectivity index (χ0n) is 8.98. The monoisotopic (exact) mass is 255 g/mol. The average Bonchev–Trinajstić information content (AvgIpc) is 2.85. The van der Waals surface area contributed by atoms with E-state index in [1.165, 1.54) is 16.8 Å². The Kier molecular flexibility index (Phi) is 3.21. The molecule has 7 heteroatoms. The predicted molar refractivity (Wildman–Crippen MR) is 61.4 cm³/mol. The van der Waals surface area contributed by atoms with Crippen LogP contribution in [0.5, 0.6) is 0 Å². The fraction of sp³-hybridized carbons (Fsp3) is 0.200. The first-order chi connectivity index (χ1) is 8.10. The fourth-order valence-electron chi connectivity index (χ4n) is 1.36. The van der Waals surface area contributed by atoms with Gasteiger partial charge in [0.25, 0.3) is 5.91 Å². The molecule has 17 heavy (non-hydrogen) atoms. The molecule has 0 spiro atoms. The highest BCUT2D eigenvalue weighted by atomic mass is 32.1. The second-order valence-corrected chi connectivity index (χ2v) is 4.43. The SMILES string of the molecule is Cn1cc(CO)c(NC(=O)c2ccc(F)s2)n1. The van der Waals surface area contributed by atoms with E-state index in [2.05, 4.69) is 10.4 Å². The molecule has 2 aromatic rings. The van der Waals surface area contributed by atoms with Crippen LogP contribution in [0, 0.1) is 5.13 Å². The molecule has 2 heterocycles. The van der Waals surface area contributed by atoms with E-state index in [4.69, 9.17) is 5.11 Å². The quantitative estimate of drug-likeness (QED) is 0.870. The standard InChI is InChI=1S/C10H10FN3O2S/c1-14-4-6(5-15)9(13-14)12-10(16)7-2-3-8(11)17-7/h2-4,15H,5H2,1H3,(H,12,13,16). The average molecular weight is 255 g/mol. The number of anilines is 1. The summed E-state index contributed by atoms with van der Waals surface area (Å²) in [4.78, 5) is 12.0. The van der Waals surface area contributed by atoms with Crippen LogP contribution in [-0.4, -0.2) is 20.8 Å². The molecule has 0 aliphatic heterocycles. The van der Waals surface area contributed by atoms with E-state index in [9.17, 15) is 9.18 Å². The number of carbonyl (C=O) groups is 1. The largest absolute Gasteiger partial charge is 0.391 e. The Bertz CT molecular complexity index is 549. The molecule has 2 rings (SSSR count). The van der Waals surface area contributed by atoms with Crippen molar-refractivity contribution in [2.45, 2.75) is 6.61 Å². The first-order valence-corrected chi connectivity index (χ1v) is 5.62. The fourth-order valence-corrected chi connectivity index (χ4v) is 1.99. The van der Waals surface area contributed by atoms with Crippen molar-refractivity contribution >= 4 is 23.1 Å². The zero-order valence-corrected chi connectivity index (χ0v) is 9.79. The third-order valence-electron chi connectivity index (χ3n) is 2.10. The Hall–Kier alpha value is -1.73. The van der Waals surface area contributed by atoms with Crippen LogP contribution in [-0.2, 0) is 13.7 Å². The molecule has 0 bridgehead atoms. The molecule has 0 saturated heterocycles. The second-order valence-electron chi connectivity index (χ2n) is 3.39. The van der Waals surface area contributed by atoms with Gasteiger partial charge in [0, 0.05) is 18.8 Å². The number of aryl methyl sites for hydroxylation is 1. The van der Waals surface area contributed by atoms with E-state index in [0.717, 1.165) is 11.3 Å². The number of thiophene rings is 1. The molecule has 0 unspecified atom stereocenters. The van der Waals surface area contributed by atoms with Crippen molar-refractivity contribution in [1.29, 1.82) is 0 Å². The number of carbonyl (C=O) groups excluding carboxylic acids is 1. The van der Waals surface area contributed by atoms with E-state index in [0.29, 0.717) is 5.56 Å². The number of hydrogen-bond acceptors (Lipinski definition) is 4. The molecule has 0 aliphatic carbocycles. The molecule has 0 atom stereocenters. The number of aliphatic hydroxyl groups excluding tert-OH is 1. The minimum Gasteiger partial charge on any atom is -0.391 e. The number of rotatable bonds is 3. The van der Waals surface area contributed by atoms with E-state index in [-0.39, 0.29) is 17.3 Å². The lowest BCUT2D eigenvalue weighted by Gasteiger charge is -2.00. The lowest BCUT2D eigenvalue weighted by molar-refractivity contribution is 0.103. The van der Waals surface area contributed by atoms with Gasteiger partial charge in [-0.05, 0) is 12.1 Å². The number of nitrogens with zero attached hydrogens (tertiary/aromatic N) is 2. The molecule has 90 valence electrons. The molecule has 0 aliphatic rings. The summed E-state index contributed by atoms with van der Waals surface area (Å²) < 4.78 is 14.2. The molecular weight excluding hydrogens is 245 g/mol. The minimum atomic E-state index is -0.438. The summed E-state index contributed by atoms with van der Waals surface area (Å²) in [6.07, 6.45) is 1.60. The highest BCUT2D eigenvalue weighted by Crippen LogP contribution is 2.18. The summed E-state index contributed by atoms with van der Waals surface area (Å²) in [6.45, 7) is -0.220. The van der Waals surface area contributed by atoms with E-state index in [1.807, 2.05) is 0 Å². The maximum atomic E-state index is 12.8. The summed E-state index contributed by atoms with van der Waals surface area (Å²) in [5, 5.41) is 15.2. The highest BCUT2D eigenvalue weighted by molar-refractivity contribution is 7.12. The lowest BCUT2D eigenvalue weighted by atomic mass is 10.3. The van der Waals surface area contributed by atoms with Gasteiger partial charge in [-0.25, -0.2) is 0 Å². The van der Waals surface area contributed by atoms with E-state index >= 15 is 0 Å². The van der Waals surface area contributed by atoms with Gasteiger partial charge in [-0.2, -0.15) is 9.49 Å². The third-order valence-corrected chi connectivity index (χ3v) is 2.98. The maximum absolute atomic E-state index is 12.8. The maximum Gasteiger partial charge on any atom is 0.267 e. The van der Waals surface area contributed by atoms with Crippen molar-refractivity contribution in [3.8, 4) is 0 Å². The third kappa shape index (κ3) is 2.51. The Labute approximate surface area is 101 Å². The Morgan fingerprint density at radius 2 is 2.41 bits per heavy atom. The van der Waals surface area contributed by atoms with Gasteiger partial charge in [0.1, 0.15) is 0 Å². The Balaban J connectivity index is 2.18. The smallest absolute Gasteiger partial charge is 0.267 e. The van der Waals surface area contributed by atoms with Crippen LogP contribution in [0.3, 0.4) is 0 Å². The van der Waals surface area contributed by atoms with Crippen molar-refractivity contribution in [2.24, 2.45) is 7.05 Å². The number of amides is 1. The van der Waals surface area contributed by atoms with Gasteiger partial charge in [0.2, 0.25) is 0 Å². The van der Waals surface area contributed by atoms with E-state index < -0.39 is 11.0 Å². The number of aromatic nitrogens is 2.